The quantitative estimate of drug-likeness (QED) is 0.481. The number of imidazole rings is 1. The van der Waals surface area contributed by atoms with Gasteiger partial charge in [-0.1, -0.05) is 6.92 Å². The summed E-state index contributed by atoms with van der Waals surface area (Å²) < 4.78 is 15.2. The van der Waals surface area contributed by atoms with Crippen LogP contribution in [0.3, 0.4) is 0 Å². The van der Waals surface area contributed by atoms with Crippen molar-refractivity contribution in [3.63, 3.8) is 0 Å². The van der Waals surface area contributed by atoms with E-state index >= 15 is 0 Å². The van der Waals surface area contributed by atoms with Gasteiger partial charge < -0.3 is 10.6 Å². The SMILES string of the molecule is CCc1nc2ccc(C3CCNCC3)nn2c1NCc1ccnc(-c2ccc(F)cc2)n1. The fourth-order valence-electron chi connectivity index (χ4n) is 4.16. The Morgan fingerprint density at radius 1 is 1.06 bits per heavy atom. The number of hydrogen-bond donors (Lipinski definition) is 2. The second-order valence-electron chi connectivity index (χ2n) is 8.05. The van der Waals surface area contributed by atoms with E-state index in [1.54, 1.807) is 18.3 Å². The molecule has 4 aromatic rings. The van der Waals surface area contributed by atoms with E-state index in [0.29, 0.717) is 18.3 Å². The number of rotatable bonds is 6. The zero-order valence-corrected chi connectivity index (χ0v) is 18.1. The van der Waals surface area contributed by atoms with Crippen LogP contribution in [0.25, 0.3) is 17.0 Å². The molecule has 7 nitrogen and oxygen atoms in total. The van der Waals surface area contributed by atoms with Crippen molar-refractivity contribution in [2.45, 2.75) is 38.6 Å². The molecule has 0 radical (unpaired) electrons. The van der Waals surface area contributed by atoms with Crippen LogP contribution in [0.15, 0.2) is 48.7 Å². The maximum absolute atomic E-state index is 13.2. The summed E-state index contributed by atoms with van der Waals surface area (Å²) >= 11 is 0. The Morgan fingerprint density at radius 2 is 1.88 bits per heavy atom. The second-order valence-corrected chi connectivity index (χ2v) is 8.05. The van der Waals surface area contributed by atoms with Gasteiger partial charge in [0.05, 0.1) is 23.6 Å². The highest BCUT2D eigenvalue weighted by atomic mass is 19.1. The number of nitrogens with zero attached hydrogens (tertiary/aromatic N) is 5. The molecule has 5 rings (SSSR count). The molecular formula is C24H26FN7. The highest BCUT2D eigenvalue weighted by molar-refractivity contribution is 5.56. The van der Waals surface area contributed by atoms with Gasteiger partial charge in [-0.3, -0.25) is 0 Å². The average Bonchev–Trinajstić information content (AvgIpc) is 3.21. The molecule has 32 heavy (non-hydrogen) atoms. The summed E-state index contributed by atoms with van der Waals surface area (Å²) in [5.74, 6) is 1.67. The summed E-state index contributed by atoms with van der Waals surface area (Å²) in [6, 6.07) is 12.3. The molecule has 0 spiro atoms. The predicted molar refractivity (Wildman–Crippen MR) is 122 cm³/mol. The van der Waals surface area contributed by atoms with Crippen LogP contribution < -0.4 is 10.6 Å². The Kier molecular flexibility index (Phi) is 5.77. The molecule has 1 saturated heterocycles. The molecule has 4 heterocycles. The lowest BCUT2D eigenvalue weighted by Gasteiger charge is -2.22. The third-order valence-corrected chi connectivity index (χ3v) is 5.92. The lowest BCUT2D eigenvalue weighted by atomic mass is 9.94. The van der Waals surface area contributed by atoms with Gasteiger partial charge in [0.2, 0.25) is 0 Å². The van der Waals surface area contributed by atoms with Gasteiger partial charge in [0.1, 0.15) is 5.82 Å². The molecule has 0 saturated carbocycles. The van der Waals surface area contributed by atoms with E-state index in [1.165, 1.54) is 12.1 Å². The number of aromatic nitrogens is 5. The summed E-state index contributed by atoms with van der Waals surface area (Å²) in [5.41, 5.74) is 4.56. The maximum Gasteiger partial charge on any atom is 0.159 e. The minimum atomic E-state index is -0.275. The molecular weight excluding hydrogens is 405 g/mol. The minimum Gasteiger partial charge on any atom is -0.363 e. The fraction of sp³-hybridized carbons (Fsp3) is 0.333. The smallest absolute Gasteiger partial charge is 0.159 e. The molecule has 8 heteroatoms. The van der Waals surface area contributed by atoms with Gasteiger partial charge in [-0.15, -0.1) is 0 Å². The number of aryl methyl sites for hydroxylation is 1. The Balaban J connectivity index is 1.41. The number of piperidine rings is 1. The number of nitrogens with one attached hydrogen (secondary N) is 2. The van der Waals surface area contributed by atoms with Crippen molar-refractivity contribution in [2.75, 3.05) is 18.4 Å². The zero-order chi connectivity index (χ0) is 21.9. The third-order valence-electron chi connectivity index (χ3n) is 5.92. The first kappa shape index (κ1) is 20.5. The van der Waals surface area contributed by atoms with Crippen LogP contribution in [0.2, 0.25) is 0 Å². The van der Waals surface area contributed by atoms with Crippen LogP contribution in [0.5, 0.6) is 0 Å². The monoisotopic (exact) mass is 431 g/mol. The first-order valence-electron chi connectivity index (χ1n) is 11.1. The van der Waals surface area contributed by atoms with Crippen molar-refractivity contribution in [3.05, 3.63) is 71.6 Å². The molecule has 0 atom stereocenters. The highest BCUT2D eigenvalue weighted by Crippen LogP contribution is 2.26. The topological polar surface area (TPSA) is 80.0 Å². The van der Waals surface area contributed by atoms with Crippen LogP contribution in [-0.4, -0.2) is 37.7 Å². The van der Waals surface area contributed by atoms with Crippen molar-refractivity contribution in [2.24, 2.45) is 0 Å². The summed E-state index contributed by atoms with van der Waals surface area (Å²) in [5, 5.41) is 11.9. The zero-order valence-electron chi connectivity index (χ0n) is 18.1. The molecule has 0 bridgehead atoms. The number of anilines is 1. The number of benzene rings is 1. The van der Waals surface area contributed by atoms with Crippen LogP contribution >= 0.6 is 0 Å². The van der Waals surface area contributed by atoms with E-state index in [2.05, 4.69) is 39.7 Å². The highest BCUT2D eigenvalue weighted by Gasteiger charge is 2.19. The molecule has 1 aliphatic rings. The standard InChI is InChI=1S/C24H26FN7/c1-2-20-24(32-22(30-20)8-7-21(31-32)16-9-12-26-13-10-16)28-15-19-11-14-27-23(29-19)17-3-5-18(25)6-4-17/h3-8,11,14,16,26,28H,2,9-10,12-13,15H2,1H3. The maximum atomic E-state index is 13.2. The molecule has 1 aliphatic heterocycles. The lowest BCUT2D eigenvalue weighted by Crippen LogP contribution is -2.27. The van der Waals surface area contributed by atoms with Crippen molar-refractivity contribution in [1.82, 2.24) is 29.9 Å². The van der Waals surface area contributed by atoms with Crippen molar-refractivity contribution in [1.29, 1.82) is 0 Å². The summed E-state index contributed by atoms with van der Waals surface area (Å²) in [7, 11) is 0. The van der Waals surface area contributed by atoms with E-state index in [1.807, 2.05) is 10.6 Å². The second kappa shape index (κ2) is 9.00. The predicted octanol–water partition coefficient (Wildman–Crippen LogP) is 3.97. The number of halogens is 1. The molecule has 1 aromatic carbocycles. The molecule has 0 unspecified atom stereocenters. The normalized spacial score (nSPS) is 14.7. The van der Waals surface area contributed by atoms with Crippen LogP contribution in [-0.2, 0) is 13.0 Å². The van der Waals surface area contributed by atoms with Gasteiger partial charge in [0, 0.05) is 17.7 Å². The van der Waals surface area contributed by atoms with E-state index in [4.69, 9.17) is 10.1 Å². The van der Waals surface area contributed by atoms with Gasteiger partial charge in [0.15, 0.2) is 17.3 Å². The van der Waals surface area contributed by atoms with Gasteiger partial charge in [-0.2, -0.15) is 9.61 Å². The van der Waals surface area contributed by atoms with Gasteiger partial charge >= 0.3 is 0 Å². The average molecular weight is 432 g/mol. The molecule has 1 fully saturated rings. The van der Waals surface area contributed by atoms with Gasteiger partial charge in [-0.05, 0) is 74.8 Å². The summed E-state index contributed by atoms with van der Waals surface area (Å²) in [6.45, 7) is 4.67. The third kappa shape index (κ3) is 4.18. The number of fused-ring (bicyclic) bond motifs is 1. The summed E-state index contributed by atoms with van der Waals surface area (Å²) in [4.78, 5) is 13.7. The van der Waals surface area contributed by atoms with Crippen LogP contribution in [0, 0.1) is 5.82 Å². The van der Waals surface area contributed by atoms with Gasteiger partial charge in [0.25, 0.3) is 0 Å². The first-order valence-corrected chi connectivity index (χ1v) is 11.1. The van der Waals surface area contributed by atoms with E-state index in [-0.39, 0.29) is 5.82 Å². The fourth-order valence-corrected chi connectivity index (χ4v) is 4.16. The summed E-state index contributed by atoms with van der Waals surface area (Å²) in [6.07, 6.45) is 4.73. The largest absolute Gasteiger partial charge is 0.363 e. The molecule has 0 amide bonds. The number of hydrogen-bond acceptors (Lipinski definition) is 6. The van der Waals surface area contributed by atoms with E-state index in [0.717, 1.165) is 66.5 Å². The molecule has 3 aromatic heterocycles. The van der Waals surface area contributed by atoms with Gasteiger partial charge in [-0.25, -0.2) is 19.3 Å². The van der Waals surface area contributed by atoms with Crippen molar-refractivity contribution >= 4 is 11.5 Å². The Labute approximate surface area is 186 Å². The first-order chi connectivity index (χ1) is 15.7. The lowest BCUT2D eigenvalue weighted by molar-refractivity contribution is 0.449. The molecule has 2 N–H and O–H groups in total. The Hall–Kier alpha value is -3.39. The molecule has 164 valence electrons. The van der Waals surface area contributed by atoms with Crippen LogP contribution in [0.4, 0.5) is 10.2 Å². The van der Waals surface area contributed by atoms with Crippen molar-refractivity contribution in [3.8, 4) is 11.4 Å². The Bertz CT molecular complexity index is 1210. The van der Waals surface area contributed by atoms with E-state index in [9.17, 15) is 4.39 Å². The molecule has 0 aliphatic carbocycles. The van der Waals surface area contributed by atoms with Crippen molar-refractivity contribution < 1.29 is 4.39 Å². The van der Waals surface area contributed by atoms with E-state index < -0.39 is 0 Å². The minimum absolute atomic E-state index is 0.275. The van der Waals surface area contributed by atoms with Crippen LogP contribution in [0.1, 0.15) is 42.8 Å². The Morgan fingerprint density at radius 3 is 2.66 bits per heavy atom.